The Morgan fingerprint density at radius 3 is 2.51 bits per heavy atom. The Bertz CT molecular complexity index is 1360. The van der Waals surface area contributed by atoms with Crippen molar-refractivity contribution in [2.24, 2.45) is 5.92 Å². The van der Waals surface area contributed by atoms with Crippen LogP contribution in [0, 0.1) is 17.6 Å². The summed E-state index contributed by atoms with van der Waals surface area (Å²) < 4.78 is 29.6. The first kappa shape index (κ1) is 23.5. The number of hydrogen-bond acceptors (Lipinski definition) is 8. The van der Waals surface area contributed by atoms with Crippen LogP contribution in [0.15, 0.2) is 24.8 Å². The maximum absolute atomic E-state index is 15.0. The molecule has 6 rings (SSSR count). The van der Waals surface area contributed by atoms with Gasteiger partial charge in [-0.05, 0) is 32.4 Å². The molecule has 0 bridgehead atoms. The molecule has 37 heavy (non-hydrogen) atoms. The number of fused-ring (bicyclic) bond motifs is 1. The van der Waals surface area contributed by atoms with Crippen molar-refractivity contribution in [1.82, 2.24) is 29.4 Å². The van der Waals surface area contributed by atoms with Crippen LogP contribution in [-0.2, 0) is 4.79 Å². The molecule has 6 heterocycles. The van der Waals surface area contributed by atoms with Gasteiger partial charge in [-0.15, -0.1) is 5.10 Å². The third-order valence-corrected chi connectivity index (χ3v) is 7.56. The Morgan fingerprint density at radius 1 is 1.05 bits per heavy atom. The van der Waals surface area contributed by atoms with Gasteiger partial charge in [-0.3, -0.25) is 19.5 Å². The average molecular weight is 512 g/mol. The van der Waals surface area contributed by atoms with Crippen LogP contribution in [0.2, 0.25) is 0 Å². The molecule has 0 unspecified atom stereocenters. The molecule has 3 aromatic heterocycles. The van der Waals surface area contributed by atoms with E-state index in [0.29, 0.717) is 32.0 Å². The monoisotopic (exact) mass is 511 g/mol. The summed E-state index contributed by atoms with van der Waals surface area (Å²) in [6.07, 6.45) is 6.89. The second kappa shape index (κ2) is 9.21. The third kappa shape index (κ3) is 4.22. The number of anilines is 3. The summed E-state index contributed by atoms with van der Waals surface area (Å²) >= 11 is 0. The number of aromatic nitrogens is 4. The lowest BCUT2D eigenvalue weighted by Gasteiger charge is -2.50. The minimum absolute atomic E-state index is 0.0504. The van der Waals surface area contributed by atoms with Gasteiger partial charge < -0.3 is 20.9 Å². The zero-order valence-electron chi connectivity index (χ0n) is 20.1. The Labute approximate surface area is 211 Å². The quantitative estimate of drug-likeness (QED) is 0.526. The second-order valence-corrected chi connectivity index (χ2v) is 9.82. The van der Waals surface area contributed by atoms with Crippen molar-refractivity contribution < 1.29 is 18.4 Å². The molecule has 3 N–H and O–H groups in total. The van der Waals surface area contributed by atoms with Gasteiger partial charge in [0.2, 0.25) is 5.91 Å². The fraction of sp³-hybridized carbons (Fsp3) is 0.458. The van der Waals surface area contributed by atoms with E-state index in [2.05, 4.69) is 25.3 Å². The number of pyridine rings is 1. The molecule has 0 spiro atoms. The summed E-state index contributed by atoms with van der Waals surface area (Å²) in [5.74, 6) is -1.95. The molecule has 2 amide bonds. The summed E-state index contributed by atoms with van der Waals surface area (Å²) in [5, 5.41) is 6.60. The molecule has 11 nitrogen and oxygen atoms in total. The van der Waals surface area contributed by atoms with E-state index in [1.54, 1.807) is 0 Å². The predicted octanol–water partition coefficient (Wildman–Crippen LogP) is 1.37. The fourth-order valence-corrected chi connectivity index (χ4v) is 5.35. The zero-order chi connectivity index (χ0) is 25.7. The molecule has 13 heteroatoms. The van der Waals surface area contributed by atoms with Crippen molar-refractivity contribution in [2.75, 3.05) is 55.2 Å². The average Bonchev–Trinajstić information content (AvgIpc) is 3.14. The van der Waals surface area contributed by atoms with Gasteiger partial charge in [-0.1, -0.05) is 0 Å². The minimum Gasteiger partial charge on any atom is -0.381 e. The molecule has 0 aliphatic carbocycles. The third-order valence-electron chi connectivity index (χ3n) is 7.56. The molecule has 3 aliphatic heterocycles. The summed E-state index contributed by atoms with van der Waals surface area (Å²) in [6.45, 7) is 4.76. The number of nitrogens with zero attached hydrogens (tertiary/aromatic N) is 7. The van der Waals surface area contributed by atoms with Crippen LogP contribution in [-0.4, -0.2) is 86.5 Å². The van der Waals surface area contributed by atoms with Crippen molar-refractivity contribution >= 4 is 34.7 Å². The summed E-state index contributed by atoms with van der Waals surface area (Å²) in [6, 6.07) is 0.492. The first-order chi connectivity index (χ1) is 17.9. The number of piperidine rings is 1. The number of hydrogen-bond donors (Lipinski definition) is 2. The topological polar surface area (TPSA) is 125 Å². The van der Waals surface area contributed by atoms with E-state index >= 15 is 0 Å². The standard InChI is InChI=1S/C24H27F2N9O2/c25-15-8-29-22-19(21(27)31-35(22)11-15)23(36)30-18-10-28-9-17(26)20(18)33-6-2-14(3-7-33)24(37)34-12-16(13-34)32-4-1-5-32/h8-11,14,16H,1-7,12-13H2,(H2,27,31)(H,30,36). The first-order valence-electron chi connectivity index (χ1n) is 12.4. The maximum atomic E-state index is 15.0. The largest absolute Gasteiger partial charge is 0.381 e. The summed E-state index contributed by atoms with van der Waals surface area (Å²) in [5.41, 5.74) is 6.28. The number of rotatable bonds is 5. The molecule has 0 aromatic carbocycles. The van der Waals surface area contributed by atoms with E-state index in [4.69, 9.17) is 5.73 Å². The minimum atomic E-state index is -0.667. The van der Waals surface area contributed by atoms with E-state index in [0.717, 1.165) is 49.3 Å². The maximum Gasteiger partial charge on any atom is 0.263 e. The van der Waals surface area contributed by atoms with Crippen LogP contribution in [0.25, 0.3) is 5.65 Å². The van der Waals surface area contributed by atoms with Crippen molar-refractivity contribution in [3.63, 3.8) is 0 Å². The van der Waals surface area contributed by atoms with Gasteiger partial charge in [0.25, 0.3) is 5.91 Å². The number of nitrogens with two attached hydrogens (primary N) is 1. The van der Waals surface area contributed by atoms with Crippen molar-refractivity contribution in [3.8, 4) is 0 Å². The molecule has 0 radical (unpaired) electrons. The lowest BCUT2D eigenvalue weighted by molar-refractivity contribution is -0.145. The number of nitrogen functional groups attached to an aromatic ring is 1. The van der Waals surface area contributed by atoms with E-state index in [1.807, 2.05) is 9.80 Å². The molecule has 3 saturated heterocycles. The first-order valence-corrected chi connectivity index (χ1v) is 12.4. The highest BCUT2D eigenvalue weighted by molar-refractivity contribution is 6.12. The fourth-order valence-electron chi connectivity index (χ4n) is 5.35. The molecular weight excluding hydrogens is 484 g/mol. The Morgan fingerprint density at radius 2 is 1.81 bits per heavy atom. The molecule has 0 atom stereocenters. The van der Waals surface area contributed by atoms with Crippen LogP contribution >= 0.6 is 0 Å². The predicted molar refractivity (Wildman–Crippen MR) is 131 cm³/mol. The molecule has 194 valence electrons. The SMILES string of the molecule is Nc1nn2cc(F)cnc2c1C(=O)Nc1cncc(F)c1N1CCC(C(=O)N2CC(N3CCC3)C2)CC1. The molecular formula is C24H27F2N9O2. The lowest BCUT2D eigenvalue weighted by atomic mass is 9.92. The number of carbonyl (C=O) groups excluding carboxylic acids is 2. The molecule has 0 saturated carbocycles. The highest BCUT2D eigenvalue weighted by atomic mass is 19.1. The molecule has 3 aliphatic rings. The summed E-state index contributed by atoms with van der Waals surface area (Å²) in [4.78, 5) is 40.0. The van der Waals surface area contributed by atoms with Gasteiger partial charge in [-0.2, -0.15) is 0 Å². The Kier molecular flexibility index (Phi) is 5.86. The zero-order valence-corrected chi connectivity index (χ0v) is 20.1. The van der Waals surface area contributed by atoms with Crippen LogP contribution < -0.4 is 16.0 Å². The van der Waals surface area contributed by atoms with Crippen LogP contribution in [0.3, 0.4) is 0 Å². The number of likely N-dealkylation sites (tertiary alicyclic amines) is 2. The number of amides is 2. The normalized spacial score (nSPS) is 19.1. The van der Waals surface area contributed by atoms with Crippen LogP contribution in [0.5, 0.6) is 0 Å². The van der Waals surface area contributed by atoms with Gasteiger partial charge in [-0.25, -0.2) is 18.3 Å². The van der Waals surface area contributed by atoms with E-state index < -0.39 is 17.5 Å². The molecule has 3 fully saturated rings. The second-order valence-electron chi connectivity index (χ2n) is 9.82. The number of carbonyl (C=O) groups is 2. The van der Waals surface area contributed by atoms with Gasteiger partial charge >= 0.3 is 0 Å². The summed E-state index contributed by atoms with van der Waals surface area (Å²) in [7, 11) is 0. The van der Waals surface area contributed by atoms with Crippen molar-refractivity contribution in [1.29, 1.82) is 0 Å². The van der Waals surface area contributed by atoms with Gasteiger partial charge in [0.15, 0.2) is 23.1 Å². The Balaban J connectivity index is 1.14. The van der Waals surface area contributed by atoms with Gasteiger partial charge in [0.1, 0.15) is 11.3 Å². The number of nitrogens with one attached hydrogen (secondary N) is 1. The van der Waals surface area contributed by atoms with Crippen molar-refractivity contribution in [2.45, 2.75) is 25.3 Å². The highest BCUT2D eigenvalue weighted by Crippen LogP contribution is 2.34. The van der Waals surface area contributed by atoms with Crippen LogP contribution in [0.1, 0.15) is 29.6 Å². The lowest BCUT2D eigenvalue weighted by Crippen LogP contribution is -2.65. The highest BCUT2D eigenvalue weighted by Gasteiger charge is 2.40. The number of halogens is 2. The van der Waals surface area contributed by atoms with E-state index in [9.17, 15) is 18.4 Å². The van der Waals surface area contributed by atoms with E-state index in [1.165, 1.54) is 12.6 Å². The van der Waals surface area contributed by atoms with Crippen molar-refractivity contribution in [3.05, 3.63) is 42.0 Å². The van der Waals surface area contributed by atoms with Gasteiger partial charge in [0.05, 0.1) is 30.5 Å². The smallest absolute Gasteiger partial charge is 0.263 e. The Hall–Kier alpha value is -3.87. The molecule has 3 aromatic rings. The van der Waals surface area contributed by atoms with Gasteiger partial charge in [0, 0.05) is 38.1 Å². The van der Waals surface area contributed by atoms with E-state index in [-0.39, 0.29) is 40.2 Å². The van der Waals surface area contributed by atoms with Crippen LogP contribution in [0.4, 0.5) is 26.0 Å².